The SMILES string of the molecule is Cn1cc(CC(N)c2cccc(OC(F)F)c2)cn1. The summed E-state index contributed by atoms with van der Waals surface area (Å²) < 4.78 is 30.3. The number of hydrogen-bond donors (Lipinski definition) is 1. The highest BCUT2D eigenvalue weighted by Gasteiger charge is 2.11. The van der Waals surface area contributed by atoms with Gasteiger partial charge in [0.1, 0.15) is 5.75 Å². The maximum absolute atomic E-state index is 12.1. The molecule has 19 heavy (non-hydrogen) atoms. The zero-order valence-electron chi connectivity index (χ0n) is 10.5. The summed E-state index contributed by atoms with van der Waals surface area (Å²) in [6.07, 6.45) is 4.20. The molecule has 6 heteroatoms. The second-order valence-corrected chi connectivity index (χ2v) is 4.28. The van der Waals surface area contributed by atoms with Crippen LogP contribution >= 0.6 is 0 Å². The number of hydrogen-bond acceptors (Lipinski definition) is 3. The van der Waals surface area contributed by atoms with Crippen LogP contribution in [0.4, 0.5) is 8.78 Å². The summed E-state index contributed by atoms with van der Waals surface area (Å²) >= 11 is 0. The van der Waals surface area contributed by atoms with Crippen molar-refractivity contribution in [3.05, 3.63) is 47.8 Å². The Balaban J connectivity index is 2.08. The van der Waals surface area contributed by atoms with Crippen LogP contribution in [-0.2, 0) is 13.5 Å². The van der Waals surface area contributed by atoms with E-state index in [9.17, 15) is 8.78 Å². The van der Waals surface area contributed by atoms with Gasteiger partial charge in [-0.05, 0) is 29.7 Å². The molecule has 2 N–H and O–H groups in total. The predicted octanol–water partition coefficient (Wildman–Crippen LogP) is 2.26. The average molecular weight is 267 g/mol. The molecular weight excluding hydrogens is 252 g/mol. The van der Waals surface area contributed by atoms with Gasteiger partial charge in [0.15, 0.2) is 0 Å². The minimum absolute atomic E-state index is 0.120. The fourth-order valence-corrected chi connectivity index (χ4v) is 1.87. The van der Waals surface area contributed by atoms with Crippen molar-refractivity contribution in [1.82, 2.24) is 9.78 Å². The number of nitrogens with two attached hydrogens (primary N) is 1. The van der Waals surface area contributed by atoms with Gasteiger partial charge in [-0.2, -0.15) is 13.9 Å². The van der Waals surface area contributed by atoms with Crippen molar-refractivity contribution in [3.63, 3.8) is 0 Å². The highest BCUT2D eigenvalue weighted by molar-refractivity contribution is 5.31. The molecule has 0 aliphatic heterocycles. The molecule has 1 atom stereocenters. The van der Waals surface area contributed by atoms with Gasteiger partial charge in [0, 0.05) is 19.3 Å². The molecule has 0 spiro atoms. The van der Waals surface area contributed by atoms with Gasteiger partial charge in [0.2, 0.25) is 0 Å². The normalized spacial score (nSPS) is 12.7. The maximum Gasteiger partial charge on any atom is 0.387 e. The third-order valence-electron chi connectivity index (χ3n) is 2.73. The third kappa shape index (κ3) is 3.75. The summed E-state index contributed by atoms with van der Waals surface area (Å²) in [5.74, 6) is 0.120. The minimum Gasteiger partial charge on any atom is -0.435 e. The second kappa shape index (κ2) is 5.79. The molecule has 1 aromatic carbocycles. The quantitative estimate of drug-likeness (QED) is 0.904. The van der Waals surface area contributed by atoms with Gasteiger partial charge < -0.3 is 10.5 Å². The van der Waals surface area contributed by atoms with E-state index in [0.29, 0.717) is 6.42 Å². The fraction of sp³-hybridized carbons (Fsp3) is 0.308. The smallest absolute Gasteiger partial charge is 0.387 e. The lowest BCUT2D eigenvalue weighted by molar-refractivity contribution is -0.0498. The van der Waals surface area contributed by atoms with E-state index in [1.807, 2.05) is 13.2 Å². The number of benzene rings is 1. The Morgan fingerprint density at radius 2 is 2.21 bits per heavy atom. The summed E-state index contributed by atoms with van der Waals surface area (Å²) in [4.78, 5) is 0. The van der Waals surface area contributed by atoms with Crippen LogP contribution in [0.25, 0.3) is 0 Å². The molecule has 1 heterocycles. The van der Waals surface area contributed by atoms with Crippen molar-refractivity contribution in [2.24, 2.45) is 12.8 Å². The Labute approximate surface area is 109 Å². The highest BCUT2D eigenvalue weighted by Crippen LogP contribution is 2.21. The van der Waals surface area contributed by atoms with Gasteiger partial charge in [-0.15, -0.1) is 0 Å². The van der Waals surface area contributed by atoms with Crippen LogP contribution < -0.4 is 10.5 Å². The number of nitrogens with zero attached hydrogens (tertiary/aromatic N) is 2. The van der Waals surface area contributed by atoms with E-state index in [1.165, 1.54) is 12.1 Å². The number of aromatic nitrogens is 2. The molecule has 1 unspecified atom stereocenters. The van der Waals surface area contributed by atoms with Crippen molar-refractivity contribution in [2.75, 3.05) is 0 Å². The van der Waals surface area contributed by atoms with Gasteiger partial charge in [0.25, 0.3) is 0 Å². The van der Waals surface area contributed by atoms with Crippen LogP contribution in [0.1, 0.15) is 17.2 Å². The van der Waals surface area contributed by atoms with Crippen LogP contribution in [0.15, 0.2) is 36.7 Å². The lowest BCUT2D eigenvalue weighted by atomic mass is 10.0. The van der Waals surface area contributed by atoms with E-state index >= 15 is 0 Å². The van der Waals surface area contributed by atoms with Crippen LogP contribution in [-0.4, -0.2) is 16.4 Å². The molecule has 0 saturated heterocycles. The van der Waals surface area contributed by atoms with Gasteiger partial charge in [-0.25, -0.2) is 0 Å². The number of ether oxygens (including phenoxy) is 1. The molecule has 0 amide bonds. The first kappa shape index (κ1) is 13.5. The molecular formula is C13H15F2N3O. The van der Waals surface area contributed by atoms with E-state index in [2.05, 4.69) is 9.84 Å². The van der Waals surface area contributed by atoms with Crippen molar-refractivity contribution < 1.29 is 13.5 Å². The Morgan fingerprint density at radius 1 is 1.42 bits per heavy atom. The van der Waals surface area contributed by atoms with Crippen LogP contribution in [0, 0.1) is 0 Å². The molecule has 2 aromatic rings. The van der Waals surface area contributed by atoms with E-state index in [1.54, 1.807) is 23.0 Å². The zero-order chi connectivity index (χ0) is 13.8. The largest absolute Gasteiger partial charge is 0.435 e. The zero-order valence-corrected chi connectivity index (χ0v) is 10.5. The summed E-state index contributed by atoms with van der Waals surface area (Å²) in [5.41, 5.74) is 7.80. The average Bonchev–Trinajstić information content (AvgIpc) is 2.74. The molecule has 0 aliphatic carbocycles. The molecule has 0 aliphatic rings. The molecule has 0 saturated carbocycles. The van der Waals surface area contributed by atoms with E-state index in [4.69, 9.17) is 5.73 Å². The van der Waals surface area contributed by atoms with E-state index < -0.39 is 6.61 Å². The summed E-state index contributed by atoms with van der Waals surface area (Å²) in [6.45, 7) is -2.83. The van der Waals surface area contributed by atoms with E-state index in [0.717, 1.165) is 11.1 Å². The molecule has 0 radical (unpaired) electrons. The predicted molar refractivity (Wildman–Crippen MR) is 66.9 cm³/mol. The first-order chi connectivity index (χ1) is 9.04. The van der Waals surface area contributed by atoms with Crippen molar-refractivity contribution in [2.45, 2.75) is 19.1 Å². The molecule has 0 bridgehead atoms. The molecule has 4 nitrogen and oxygen atoms in total. The minimum atomic E-state index is -2.83. The first-order valence-corrected chi connectivity index (χ1v) is 5.82. The Hall–Kier alpha value is -1.95. The second-order valence-electron chi connectivity index (χ2n) is 4.28. The molecule has 102 valence electrons. The van der Waals surface area contributed by atoms with Crippen LogP contribution in [0.2, 0.25) is 0 Å². The van der Waals surface area contributed by atoms with Crippen molar-refractivity contribution in [1.29, 1.82) is 0 Å². The Morgan fingerprint density at radius 3 is 2.84 bits per heavy atom. The third-order valence-corrected chi connectivity index (χ3v) is 2.73. The summed E-state index contributed by atoms with van der Waals surface area (Å²) in [7, 11) is 1.83. The van der Waals surface area contributed by atoms with E-state index in [-0.39, 0.29) is 11.8 Å². The van der Waals surface area contributed by atoms with Crippen LogP contribution in [0.5, 0.6) is 5.75 Å². The molecule has 2 rings (SSSR count). The monoisotopic (exact) mass is 267 g/mol. The lowest BCUT2D eigenvalue weighted by Gasteiger charge is -2.12. The number of aryl methyl sites for hydroxylation is 1. The highest BCUT2D eigenvalue weighted by atomic mass is 19.3. The number of rotatable bonds is 5. The molecule has 0 fully saturated rings. The summed E-state index contributed by atoms with van der Waals surface area (Å²) in [6, 6.07) is 6.17. The topological polar surface area (TPSA) is 53.1 Å². The first-order valence-electron chi connectivity index (χ1n) is 5.82. The summed E-state index contributed by atoms with van der Waals surface area (Å²) in [5, 5.41) is 4.06. The van der Waals surface area contributed by atoms with Gasteiger partial charge >= 0.3 is 6.61 Å². The Bertz CT molecular complexity index is 542. The lowest BCUT2D eigenvalue weighted by Crippen LogP contribution is -2.13. The Kier molecular flexibility index (Phi) is 4.11. The number of alkyl halides is 2. The van der Waals surface area contributed by atoms with Gasteiger partial charge in [-0.1, -0.05) is 12.1 Å². The van der Waals surface area contributed by atoms with Gasteiger partial charge in [-0.3, -0.25) is 4.68 Å². The van der Waals surface area contributed by atoms with Crippen molar-refractivity contribution in [3.8, 4) is 5.75 Å². The molecule has 1 aromatic heterocycles. The van der Waals surface area contributed by atoms with Gasteiger partial charge in [0.05, 0.1) is 6.20 Å². The standard InChI is InChI=1S/C13H15F2N3O/c1-18-8-9(7-17-18)5-12(16)10-3-2-4-11(6-10)19-13(14)15/h2-4,6-8,12-13H,5,16H2,1H3. The maximum atomic E-state index is 12.1. The van der Waals surface area contributed by atoms with Crippen molar-refractivity contribution >= 4 is 0 Å². The number of halogens is 2. The fourth-order valence-electron chi connectivity index (χ4n) is 1.87. The van der Waals surface area contributed by atoms with Crippen LogP contribution in [0.3, 0.4) is 0 Å².